The number of likely N-dealkylation sites (tertiary alicyclic amines) is 1. The van der Waals surface area contributed by atoms with Crippen molar-refractivity contribution in [2.75, 3.05) is 32.6 Å². The number of nitrogens with zero attached hydrogens (tertiary/aromatic N) is 5. The third kappa shape index (κ3) is 5.45. The number of aliphatic hydroxyl groups is 1. The summed E-state index contributed by atoms with van der Waals surface area (Å²) in [7, 11) is 5.55. The van der Waals surface area contributed by atoms with Crippen LogP contribution in [0, 0.1) is 6.92 Å². The average molecular weight is 490 g/mol. The number of aromatic nitrogens is 4. The smallest absolute Gasteiger partial charge is 0.271 e. The lowest BCUT2D eigenvalue weighted by Crippen LogP contribution is -2.18. The molecule has 5 rings (SSSR count). The number of anilines is 2. The number of hydrogen-bond acceptors (Lipinski definition) is 8. The number of nitrogens with one attached hydrogen (secondary N) is 1. The van der Waals surface area contributed by atoms with Gasteiger partial charge in [0.2, 0.25) is 0 Å². The summed E-state index contributed by atoms with van der Waals surface area (Å²) in [5, 5.41) is 12.0. The Bertz CT molecular complexity index is 1360. The van der Waals surface area contributed by atoms with Crippen LogP contribution in [-0.2, 0) is 7.05 Å². The van der Waals surface area contributed by atoms with Crippen LogP contribution in [0.5, 0.6) is 5.75 Å². The number of imidazole rings is 1. The standard InChI is InChI=1S/C21H20N6O2.C5H11NO/c1-12-17(15-5-4-6-16-18(15)23-11-27(16)2)26-19(20(22)28)21(24-12)25-13-7-9-14(29-3)10-8-13;1-6-3-2-5(7)4-6/h4-11H,1-3H3,(H2,22,28)(H,24,25);5,7H,2-4H2,1H3. The number of methoxy groups -OCH3 is 1. The molecule has 2 aromatic carbocycles. The predicted octanol–water partition coefficient (Wildman–Crippen LogP) is 2.87. The molecule has 1 fully saturated rings. The molecule has 0 saturated carbocycles. The SMILES string of the molecule is CN1CCC(O)C1.COc1ccc(Nc2nc(C)c(-c3cccc4c3ncn4C)nc2C(N)=O)cc1. The van der Waals surface area contributed by atoms with Crippen LogP contribution in [0.25, 0.3) is 22.3 Å². The number of fused-ring (bicyclic) bond motifs is 1. The zero-order chi connectivity index (χ0) is 25.8. The van der Waals surface area contributed by atoms with Crippen molar-refractivity contribution in [2.45, 2.75) is 19.4 Å². The van der Waals surface area contributed by atoms with Gasteiger partial charge < -0.3 is 30.4 Å². The van der Waals surface area contributed by atoms with Crippen LogP contribution in [0.1, 0.15) is 22.6 Å². The number of likely N-dealkylation sites (N-methyl/N-ethyl adjacent to an activating group) is 1. The number of benzene rings is 2. The Labute approximate surface area is 209 Å². The number of primary amides is 1. The van der Waals surface area contributed by atoms with Gasteiger partial charge in [-0.15, -0.1) is 0 Å². The van der Waals surface area contributed by atoms with E-state index in [2.05, 4.69) is 25.2 Å². The summed E-state index contributed by atoms with van der Waals surface area (Å²) in [6, 6.07) is 13.1. The molecule has 3 heterocycles. The van der Waals surface area contributed by atoms with E-state index in [1.54, 1.807) is 13.4 Å². The van der Waals surface area contributed by atoms with Crippen LogP contribution < -0.4 is 15.8 Å². The summed E-state index contributed by atoms with van der Waals surface area (Å²) in [6.45, 7) is 3.76. The van der Waals surface area contributed by atoms with Gasteiger partial charge in [-0.05, 0) is 50.7 Å². The number of aryl methyl sites for hydroxylation is 2. The van der Waals surface area contributed by atoms with E-state index >= 15 is 0 Å². The van der Waals surface area contributed by atoms with Crippen LogP contribution in [-0.4, -0.2) is 68.8 Å². The molecule has 1 amide bonds. The molecule has 1 saturated heterocycles. The fourth-order valence-corrected chi connectivity index (χ4v) is 4.11. The van der Waals surface area contributed by atoms with Gasteiger partial charge in [-0.1, -0.05) is 12.1 Å². The normalized spacial score (nSPS) is 15.4. The number of carbonyl (C=O) groups is 1. The minimum Gasteiger partial charge on any atom is -0.497 e. The Morgan fingerprint density at radius 1 is 1.17 bits per heavy atom. The number of hydrogen-bond donors (Lipinski definition) is 3. The molecular weight excluding hydrogens is 458 g/mol. The molecular formula is C26H31N7O3. The predicted molar refractivity (Wildman–Crippen MR) is 139 cm³/mol. The van der Waals surface area contributed by atoms with E-state index < -0.39 is 5.91 Å². The van der Waals surface area contributed by atoms with E-state index in [9.17, 15) is 4.79 Å². The molecule has 4 N–H and O–H groups in total. The number of rotatable bonds is 5. The quantitative estimate of drug-likeness (QED) is 0.390. The monoisotopic (exact) mass is 489 g/mol. The average Bonchev–Trinajstić information content (AvgIpc) is 3.44. The van der Waals surface area contributed by atoms with Gasteiger partial charge in [-0.3, -0.25) is 4.79 Å². The van der Waals surface area contributed by atoms with Crippen LogP contribution in [0.2, 0.25) is 0 Å². The largest absolute Gasteiger partial charge is 0.497 e. The molecule has 1 aliphatic heterocycles. The molecule has 1 unspecified atom stereocenters. The van der Waals surface area contributed by atoms with Crippen molar-refractivity contribution in [1.29, 1.82) is 0 Å². The second kappa shape index (κ2) is 10.7. The Hall–Kier alpha value is -4.02. The van der Waals surface area contributed by atoms with Crippen LogP contribution in [0.15, 0.2) is 48.8 Å². The molecule has 188 valence electrons. The summed E-state index contributed by atoms with van der Waals surface area (Å²) in [5.41, 5.74) is 10.2. The molecule has 10 heteroatoms. The summed E-state index contributed by atoms with van der Waals surface area (Å²) in [5.74, 6) is 0.367. The number of aliphatic hydroxyl groups excluding tert-OH is 1. The van der Waals surface area contributed by atoms with Crippen molar-refractivity contribution in [3.63, 3.8) is 0 Å². The van der Waals surface area contributed by atoms with Crippen molar-refractivity contribution < 1.29 is 14.6 Å². The van der Waals surface area contributed by atoms with E-state index in [0.717, 1.165) is 47.5 Å². The van der Waals surface area contributed by atoms with Gasteiger partial charge in [0.15, 0.2) is 11.5 Å². The Kier molecular flexibility index (Phi) is 7.47. The van der Waals surface area contributed by atoms with Crippen LogP contribution in [0.4, 0.5) is 11.5 Å². The van der Waals surface area contributed by atoms with Gasteiger partial charge in [0.25, 0.3) is 5.91 Å². The summed E-state index contributed by atoms with van der Waals surface area (Å²) < 4.78 is 7.09. The fourth-order valence-electron chi connectivity index (χ4n) is 4.11. The molecule has 10 nitrogen and oxygen atoms in total. The molecule has 0 aliphatic carbocycles. The third-order valence-electron chi connectivity index (χ3n) is 6.03. The van der Waals surface area contributed by atoms with Gasteiger partial charge in [-0.25, -0.2) is 15.0 Å². The fraction of sp³-hybridized carbons (Fsp3) is 0.308. The molecule has 1 atom stereocenters. The number of amides is 1. The second-order valence-corrected chi connectivity index (χ2v) is 8.81. The maximum absolute atomic E-state index is 12.1. The lowest BCUT2D eigenvalue weighted by molar-refractivity contribution is 0.0996. The minimum atomic E-state index is -0.664. The first-order chi connectivity index (χ1) is 17.3. The van der Waals surface area contributed by atoms with Crippen molar-refractivity contribution in [3.05, 3.63) is 60.2 Å². The van der Waals surface area contributed by atoms with Crippen molar-refractivity contribution in [1.82, 2.24) is 24.4 Å². The number of para-hydroxylation sites is 1. The summed E-state index contributed by atoms with van der Waals surface area (Å²) >= 11 is 0. The third-order valence-corrected chi connectivity index (χ3v) is 6.03. The van der Waals surface area contributed by atoms with Gasteiger partial charge in [0.05, 0.1) is 42.0 Å². The van der Waals surface area contributed by atoms with E-state index in [4.69, 9.17) is 15.6 Å². The maximum Gasteiger partial charge on any atom is 0.271 e. The Balaban J connectivity index is 0.000000375. The molecule has 36 heavy (non-hydrogen) atoms. The van der Waals surface area contributed by atoms with Gasteiger partial charge in [0.1, 0.15) is 5.75 Å². The zero-order valence-corrected chi connectivity index (χ0v) is 20.9. The van der Waals surface area contributed by atoms with Gasteiger partial charge in [0, 0.05) is 31.4 Å². The molecule has 0 radical (unpaired) electrons. The molecule has 1 aliphatic rings. The van der Waals surface area contributed by atoms with E-state index in [0.29, 0.717) is 17.2 Å². The molecule has 0 bridgehead atoms. The molecule has 4 aromatic rings. The van der Waals surface area contributed by atoms with E-state index in [1.807, 2.05) is 68.1 Å². The highest BCUT2D eigenvalue weighted by atomic mass is 16.5. The highest BCUT2D eigenvalue weighted by Gasteiger charge is 2.19. The zero-order valence-electron chi connectivity index (χ0n) is 20.9. The molecule has 0 spiro atoms. The van der Waals surface area contributed by atoms with Crippen molar-refractivity contribution in [2.24, 2.45) is 12.8 Å². The summed E-state index contributed by atoms with van der Waals surface area (Å²) in [4.78, 5) is 27.9. The first kappa shape index (κ1) is 25.1. The number of ether oxygens (including phenoxy) is 1. The highest BCUT2D eigenvalue weighted by Crippen LogP contribution is 2.30. The van der Waals surface area contributed by atoms with Crippen LogP contribution in [0.3, 0.4) is 0 Å². The first-order valence-corrected chi connectivity index (χ1v) is 11.6. The molecule has 2 aromatic heterocycles. The van der Waals surface area contributed by atoms with E-state index in [-0.39, 0.29) is 11.8 Å². The Morgan fingerprint density at radius 3 is 2.50 bits per heavy atom. The van der Waals surface area contributed by atoms with Gasteiger partial charge >= 0.3 is 0 Å². The number of nitrogens with two attached hydrogens (primary N) is 1. The lowest BCUT2D eigenvalue weighted by atomic mass is 10.1. The highest BCUT2D eigenvalue weighted by molar-refractivity contribution is 5.98. The topological polar surface area (TPSA) is 131 Å². The first-order valence-electron chi connectivity index (χ1n) is 11.6. The van der Waals surface area contributed by atoms with Crippen LogP contribution >= 0.6 is 0 Å². The van der Waals surface area contributed by atoms with Gasteiger partial charge in [-0.2, -0.15) is 0 Å². The minimum absolute atomic E-state index is 0.0509. The number of β-amino-alcohol motifs (C(OH)–C–C–N with tert-alkyl or cyclic N) is 1. The number of carbonyl (C=O) groups excluding carboxylic acids is 1. The Morgan fingerprint density at radius 2 is 1.92 bits per heavy atom. The summed E-state index contributed by atoms with van der Waals surface area (Å²) in [6.07, 6.45) is 2.65. The van der Waals surface area contributed by atoms with Crippen molar-refractivity contribution >= 4 is 28.4 Å². The van der Waals surface area contributed by atoms with E-state index in [1.165, 1.54) is 0 Å². The van der Waals surface area contributed by atoms with Crippen molar-refractivity contribution in [3.8, 4) is 17.0 Å². The maximum atomic E-state index is 12.1. The second-order valence-electron chi connectivity index (χ2n) is 8.81. The lowest BCUT2D eigenvalue weighted by Gasteiger charge is -2.13.